The van der Waals surface area contributed by atoms with Crippen LogP contribution in [0.3, 0.4) is 0 Å². The third kappa shape index (κ3) is 4.66. The minimum Gasteiger partial charge on any atom is -0.357 e. The Hall–Kier alpha value is -3.28. The van der Waals surface area contributed by atoms with Gasteiger partial charge in [-0.25, -0.2) is 4.39 Å². The third-order valence-corrected chi connectivity index (χ3v) is 7.44. The monoisotopic (exact) mass is 514 g/mol. The summed E-state index contributed by atoms with van der Waals surface area (Å²) in [6, 6.07) is 14.3. The molecule has 4 aromatic rings. The lowest BCUT2D eigenvalue weighted by molar-refractivity contribution is 0.102. The van der Waals surface area contributed by atoms with Gasteiger partial charge in [0, 0.05) is 29.0 Å². The fraction of sp³-hybridized carbons (Fsp3) is 0.125. The van der Waals surface area contributed by atoms with Crippen molar-refractivity contribution in [3.63, 3.8) is 0 Å². The first kappa shape index (κ1) is 23.5. The molecule has 1 saturated heterocycles. The third-order valence-electron chi connectivity index (χ3n) is 5.53. The van der Waals surface area contributed by atoms with Crippen molar-refractivity contribution in [2.24, 2.45) is 0 Å². The van der Waals surface area contributed by atoms with Crippen LogP contribution in [0.15, 0.2) is 67.0 Å². The quantitative estimate of drug-likeness (QED) is 0.316. The highest BCUT2D eigenvalue weighted by molar-refractivity contribution is 8.25. The van der Waals surface area contributed by atoms with Gasteiger partial charge in [0.15, 0.2) is 5.94 Å². The maximum Gasteiger partial charge on any atom is 0.258 e. The summed E-state index contributed by atoms with van der Waals surface area (Å²) in [5.41, 5.74) is 2.42. The molecule has 11 heteroatoms. The zero-order valence-electron chi connectivity index (χ0n) is 18.2. The Morgan fingerprint density at radius 1 is 1.11 bits per heavy atom. The topological polar surface area (TPSA) is 108 Å². The Bertz CT molecular complexity index is 1430. The standard InChI is InChI=1S/C24H20ClFN4O4S/c25-20-6-3-15(12-19(20)23-18-2-1-8-27-22(18)7-9-28-23)29-24(31)17-5-4-16(13-21(17)26)30-10-11-34-14-35(30,32)33/h1-9,12-13,32-33H,10-11,14H2,(H,29,31). The van der Waals surface area contributed by atoms with Gasteiger partial charge in [-0.3, -0.25) is 28.2 Å². The molecular formula is C24H20ClFN4O4S. The lowest BCUT2D eigenvalue weighted by atomic mass is 10.1. The molecule has 0 bridgehead atoms. The maximum absolute atomic E-state index is 14.9. The van der Waals surface area contributed by atoms with E-state index in [9.17, 15) is 18.3 Å². The number of fused-ring (bicyclic) bond motifs is 1. The van der Waals surface area contributed by atoms with Crippen molar-refractivity contribution in [2.45, 2.75) is 0 Å². The van der Waals surface area contributed by atoms with Gasteiger partial charge in [-0.1, -0.05) is 22.4 Å². The SMILES string of the molecule is O=C(Nc1ccc(Cl)c(-c2nccc3ncccc23)c1)c1ccc(N2CCOCS2(O)O)cc1F. The van der Waals surface area contributed by atoms with Gasteiger partial charge in [0.25, 0.3) is 5.91 Å². The number of pyridine rings is 2. The van der Waals surface area contributed by atoms with Gasteiger partial charge in [0.05, 0.1) is 40.6 Å². The highest BCUT2D eigenvalue weighted by Crippen LogP contribution is 2.48. The van der Waals surface area contributed by atoms with Gasteiger partial charge in [-0.15, -0.1) is 0 Å². The Balaban J connectivity index is 1.42. The van der Waals surface area contributed by atoms with E-state index in [0.29, 0.717) is 22.0 Å². The largest absolute Gasteiger partial charge is 0.357 e. The van der Waals surface area contributed by atoms with Crippen LogP contribution in [0, 0.1) is 5.82 Å². The number of nitrogens with zero attached hydrogens (tertiary/aromatic N) is 3. The number of carbonyl (C=O) groups is 1. The van der Waals surface area contributed by atoms with Gasteiger partial charge in [-0.2, -0.15) is 0 Å². The molecule has 0 spiro atoms. The number of halogens is 2. The van der Waals surface area contributed by atoms with E-state index in [1.165, 1.54) is 16.4 Å². The number of hydrogen-bond acceptors (Lipinski definition) is 7. The predicted octanol–water partition coefficient (Wildman–Crippen LogP) is 5.80. The Labute approximate surface area is 206 Å². The van der Waals surface area contributed by atoms with Crippen molar-refractivity contribution in [2.75, 3.05) is 28.7 Å². The average Bonchev–Trinajstić information content (AvgIpc) is 2.84. The molecule has 180 valence electrons. The molecule has 2 aromatic carbocycles. The first-order chi connectivity index (χ1) is 16.8. The van der Waals surface area contributed by atoms with Crippen LogP contribution in [0.1, 0.15) is 10.4 Å². The summed E-state index contributed by atoms with van der Waals surface area (Å²) < 4.78 is 41.6. The molecule has 8 nitrogen and oxygen atoms in total. The van der Waals surface area contributed by atoms with Crippen molar-refractivity contribution in [3.05, 3.63) is 83.4 Å². The Kier molecular flexibility index (Phi) is 6.30. The summed E-state index contributed by atoms with van der Waals surface area (Å²) >= 11 is 6.44. The molecule has 3 N–H and O–H groups in total. The number of nitrogens with one attached hydrogen (secondary N) is 1. The summed E-state index contributed by atoms with van der Waals surface area (Å²) in [6.07, 6.45) is 3.32. The van der Waals surface area contributed by atoms with Crippen molar-refractivity contribution in [3.8, 4) is 11.3 Å². The molecule has 2 aromatic heterocycles. The van der Waals surface area contributed by atoms with Gasteiger partial charge in [0.2, 0.25) is 0 Å². The maximum atomic E-state index is 14.9. The fourth-order valence-corrected chi connectivity index (χ4v) is 5.36. The lowest BCUT2D eigenvalue weighted by Crippen LogP contribution is -2.38. The van der Waals surface area contributed by atoms with Crippen LogP contribution >= 0.6 is 22.4 Å². The first-order valence-electron chi connectivity index (χ1n) is 10.6. The highest BCUT2D eigenvalue weighted by atomic mass is 35.5. The number of hydrogen-bond donors (Lipinski definition) is 3. The molecule has 0 radical (unpaired) electrons. The van der Waals surface area contributed by atoms with Gasteiger partial charge in [0.1, 0.15) is 5.82 Å². The number of aromatic nitrogens is 2. The van der Waals surface area contributed by atoms with Crippen LogP contribution in [-0.2, 0) is 4.74 Å². The van der Waals surface area contributed by atoms with E-state index in [1.807, 2.05) is 6.07 Å². The van der Waals surface area contributed by atoms with E-state index in [0.717, 1.165) is 17.0 Å². The van der Waals surface area contributed by atoms with Crippen LogP contribution in [0.4, 0.5) is 15.8 Å². The highest BCUT2D eigenvalue weighted by Gasteiger charge is 2.28. The number of benzene rings is 2. The Morgan fingerprint density at radius 3 is 2.77 bits per heavy atom. The molecule has 0 unspecified atom stereocenters. The fourth-order valence-electron chi connectivity index (χ4n) is 3.87. The molecule has 0 aliphatic carbocycles. The number of amides is 1. The summed E-state index contributed by atoms with van der Waals surface area (Å²) in [5, 5.41) is 3.93. The molecule has 5 rings (SSSR count). The Morgan fingerprint density at radius 2 is 1.97 bits per heavy atom. The minimum absolute atomic E-state index is 0.192. The minimum atomic E-state index is -3.20. The zero-order chi connectivity index (χ0) is 24.6. The van der Waals surface area contributed by atoms with E-state index < -0.39 is 22.5 Å². The van der Waals surface area contributed by atoms with E-state index >= 15 is 0 Å². The zero-order valence-corrected chi connectivity index (χ0v) is 19.8. The molecule has 1 amide bonds. The summed E-state index contributed by atoms with van der Waals surface area (Å²) in [6.45, 7) is 0.471. The van der Waals surface area contributed by atoms with E-state index in [1.54, 1.807) is 42.7 Å². The van der Waals surface area contributed by atoms with Gasteiger partial charge < -0.3 is 10.1 Å². The number of ether oxygens (including phenoxy) is 1. The lowest BCUT2D eigenvalue weighted by Gasteiger charge is -2.46. The van der Waals surface area contributed by atoms with Crippen LogP contribution in [0.2, 0.25) is 5.02 Å². The normalized spacial score (nSPS) is 16.2. The smallest absolute Gasteiger partial charge is 0.258 e. The van der Waals surface area contributed by atoms with Crippen molar-refractivity contribution < 1.29 is 23.0 Å². The summed E-state index contributed by atoms with van der Waals surface area (Å²) in [5.74, 6) is -1.71. The summed E-state index contributed by atoms with van der Waals surface area (Å²) in [4.78, 5) is 21.6. The van der Waals surface area contributed by atoms with Gasteiger partial charge in [-0.05, 0) is 54.6 Å². The molecule has 1 aliphatic heterocycles. The second-order valence-electron chi connectivity index (χ2n) is 7.80. The average molecular weight is 515 g/mol. The molecule has 0 atom stereocenters. The molecule has 1 aliphatic rings. The van der Waals surface area contributed by atoms with Crippen molar-refractivity contribution >= 4 is 50.6 Å². The van der Waals surface area contributed by atoms with Crippen molar-refractivity contribution in [1.29, 1.82) is 0 Å². The van der Waals surface area contributed by atoms with Gasteiger partial charge >= 0.3 is 0 Å². The molecule has 3 heterocycles. The first-order valence-corrected chi connectivity index (χ1v) is 12.6. The summed E-state index contributed by atoms with van der Waals surface area (Å²) in [7, 11) is -3.20. The van der Waals surface area contributed by atoms with Crippen LogP contribution in [0.25, 0.3) is 22.2 Å². The molecule has 35 heavy (non-hydrogen) atoms. The van der Waals surface area contributed by atoms with Crippen LogP contribution < -0.4 is 9.62 Å². The van der Waals surface area contributed by atoms with Crippen LogP contribution in [-0.4, -0.2) is 44.1 Å². The van der Waals surface area contributed by atoms with E-state index in [4.69, 9.17) is 16.3 Å². The number of rotatable bonds is 4. The number of anilines is 2. The predicted molar refractivity (Wildman–Crippen MR) is 135 cm³/mol. The molecule has 1 fully saturated rings. The van der Waals surface area contributed by atoms with E-state index in [-0.39, 0.29) is 30.3 Å². The van der Waals surface area contributed by atoms with E-state index in [2.05, 4.69) is 15.3 Å². The molecular weight excluding hydrogens is 495 g/mol. The second kappa shape index (κ2) is 9.40. The van der Waals surface area contributed by atoms with Crippen LogP contribution in [0.5, 0.6) is 0 Å². The second-order valence-corrected chi connectivity index (χ2v) is 10.2. The number of carbonyl (C=O) groups excluding carboxylic acids is 1. The molecule has 0 saturated carbocycles. The van der Waals surface area contributed by atoms with Crippen molar-refractivity contribution in [1.82, 2.24) is 9.97 Å².